The van der Waals surface area contributed by atoms with Crippen LogP contribution in [0, 0.1) is 0 Å². The summed E-state index contributed by atoms with van der Waals surface area (Å²) in [6.45, 7) is 3.92. The van der Waals surface area contributed by atoms with Crippen LogP contribution in [0.15, 0.2) is 66.3 Å². The van der Waals surface area contributed by atoms with Gasteiger partial charge in [0.2, 0.25) is 0 Å². The second-order valence-corrected chi connectivity index (χ2v) is 3.64. The average Bonchev–Trinajstić information content (AvgIpc) is 2.23. The average molecular weight is 182 g/mol. The van der Waals surface area contributed by atoms with Crippen molar-refractivity contribution in [3.05, 3.63) is 71.8 Å². The van der Waals surface area contributed by atoms with Crippen LogP contribution in [0.4, 0.5) is 0 Å². The van der Waals surface area contributed by atoms with Crippen molar-refractivity contribution in [3.8, 4) is 0 Å². The summed E-state index contributed by atoms with van der Waals surface area (Å²) in [5, 5.41) is 0. The molecule has 0 nitrogen and oxygen atoms in total. The monoisotopic (exact) mass is 182 g/mol. The van der Waals surface area contributed by atoms with Crippen LogP contribution in [0.5, 0.6) is 0 Å². The molecule has 0 heteroatoms. The Bertz CT molecular complexity index is 380. The maximum Gasteiger partial charge on any atom is -0.00288 e. The van der Waals surface area contributed by atoms with E-state index in [1.54, 1.807) is 0 Å². The highest BCUT2D eigenvalue weighted by Gasteiger charge is 2.00. The Hall–Kier alpha value is -1.56. The summed E-state index contributed by atoms with van der Waals surface area (Å²) in [5.74, 6) is 0. The lowest BCUT2D eigenvalue weighted by Gasteiger charge is -2.08. The van der Waals surface area contributed by atoms with E-state index in [2.05, 4.69) is 55.1 Å². The van der Waals surface area contributed by atoms with E-state index < -0.39 is 0 Å². The van der Waals surface area contributed by atoms with Gasteiger partial charge < -0.3 is 0 Å². The maximum atomic E-state index is 3.92. The molecule has 14 heavy (non-hydrogen) atoms. The number of benzene rings is 1. The Labute approximate surface area is 85.3 Å². The molecule has 0 aromatic heterocycles. The second-order valence-electron chi connectivity index (χ2n) is 3.64. The van der Waals surface area contributed by atoms with Crippen LogP contribution in [0.25, 0.3) is 0 Å². The molecule has 1 aliphatic rings. The number of rotatable bonds is 2. The van der Waals surface area contributed by atoms with Crippen molar-refractivity contribution in [2.24, 2.45) is 0 Å². The van der Waals surface area contributed by atoms with E-state index in [9.17, 15) is 0 Å². The fourth-order valence-corrected chi connectivity index (χ4v) is 1.59. The van der Waals surface area contributed by atoms with Gasteiger partial charge in [-0.3, -0.25) is 0 Å². The molecule has 0 heterocycles. The van der Waals surface area contributed by atoms with Crippen LogP contribution < -0.4 is 0 Å². The van der Waals surface area contributed by atoms with Crippen LogP contribution in [-0.2, 0) is 6.42 Å². The van der Waals surface area contributed by atoms with E-state index in [-0.39, 0.29) is 0 Å². The maximum absolute atomic E-state index is 3.92. The van der Waals surface area contributed by atoms with E-state index in [0.29, 0.717) is 0 Å². The molecule has 0 bridgehead atoms. The van der Waals surface area contributed by atoms with Gasteiger partial charge in [-0.1, -0.05) is 60.7 Å². The molecule has 1 aromatic carbocycles. The molecular weight excluding hydrogens is 168 g/mol. The zero-order valence-electron chi connectivity index (χ0n) is 8.24. The Morgan fingerprint density at radius 2 is 1.86 bits per heavy atom. The van der Waals surface area contributed by atoms with Crippen molar-refractivity contribution in [1.82, 2.24) is 0 Å². The van der Waals surface area contributed by atoms with Gasteiger partial charge in [-0.15, -0.1) is 0 Å². The smallest absolute Gasteiger partial charge is 0.00288 e. The molecule has 0 fully saturated rings. The topological polar surface area (TPSA) is 0 Å². The van der Waals surface area contributed by atoms with Gasteiger partial charge >= 0.3 is 0 Å². The summed E-state index contributed by atoms with van der Waals surface area (Å²) in [5.41, 5.74) is 3.96. The van der Waals surface area contributed by atoms with Crippen molar-refractivity contribution in [1.29, 1.82) is 0 Å². The quantitative estimate of drug-likeness (QED) is 0.654. The van der Waals surface area contributed by atoms with E-state index >= 15 is 0 Å². The third-order valence-corrected chi connectivity index (χ3v) is 2.41. The number of hydrogen-bond acceptors (Lipinski definition) is 0. The number of allylic oxidation sites excluding steroid dienone is 5. The summed E-state index contributed by atoms with van der Waals surface area (Å²) in [6, 6.07) is 10.6. The Morgan fingerprint density at radius 1 is 1.07 bits per heavy atom. The molecule has 0 aliphatic heterocycles. The molecule has 1 aromatic rings. The Balaban J connectivity index is 2.06. The molecular formula is C14H14. The zero-order valence-corrected chi connectivity index (χ0v) is 8.24. The lowest BCUT2D eigenvalue weighted by molar-refractivity contribution is 1.13. The first kappa shape index (κ1) is 9.01. The zero-order chi connectivity index (χ0) is 9.80. The van der Waals surface area contributed by atoms with Crippen molar-refractivity contribution >= 4 is 0 Å². The van der Waals surface area contributed by atoms with Crippen molar-refractivity contribution in [2.45, 2.75) is 12.8 Å². The van der Waals surface area contributed by atoms with Crippen molar-refractivity contribution < 1.29 is 0 Å². The highest BCUT2D eigenvalue weighted by Crippen LogP contribution is 2.17. The highest BCUT2D eigenvalue weighted by molar-refractivity contribution is 5.37. The van der Waals surface area contributed by atoms with Gasteiger partial charge in [-0.2, -0.15) is 0 Å². The normalized spacial score (nSPS) is 15.4. The highest BCUT2D eigenvalue weighted by atomic mass is 14.1. The molecule has 0 N–H and O–H groups in total. The van der Waals surface area contributed by atoms with Gasteiger partial charge in [0.25, 0.3) is 0 Å². The Kier molecular flexibility index (Phi) is 2.64. The van der Waals surface area contributed by atoms with Gasteiger partial charge in [-0.25, -0.2) is 0 Å². The first-order valence-corrected chi connectivity index (χ1v) is 4.93. The standard InChI is InChI=1S/C14H14/c1-12-7-9-14(10-8-12)11-13-5-3-2-4-6-13/h2-7,9-10H,1,8,11H2. The van der Waals surface area contributed by atoms with Gasteiger partial charge in [0.05, 0.1) is 0 Å². The molecule has 0 unspecified atom stereocenters. The molecule has 0 spiro atoms. The van der Waals surface area contributed by atoms with Gasteiger partial charge in [0.1, 0.15) is 0 Å². The third kappa shape index (κ3) is 2.23. The molecule has 0 amide bonds. The van der Waals surface area contributed by atoms with Crippen molar-refractivity contribution in [2.75, 3.05) is 0 Å². The molecule has 0 saturated heterocycles. The minimum Gasteiger partial charge on any atom is -0.0955 e. The first-order chi connectivity index (χ1) is 6.84. The molecule has 2 rings (SSSR count). The lowest BCUT2D eigenvalue weighted by Crippen LogP contribution is -1.91. The lowest BCUT2D eigenvalue weighted by atomic mass is 9.98. The predicted octanol–water partition coefficient (Wildman–Crippen LogP) is 3.67. The van der Waals surface area contributed by atoms with Crippen molar-refractivity contribution in [3.63, 3.8) is 0 Å². The minimum absolute atomic E-state index is 0.999. The van der Waals surface area contributed by atoms with Gasteiger partial charge in [0, 0.05) is 0 Å². The summed E-state index contributed by atoms with van der Waals surface area (Å²) in [7, 11) is 0. The molecule has 1 aliphatic carbocycles. The Morgan fingerprint density at radius 3 is 2.50 bits per heavy atom. The van der Waals surface area contributed by atoms with Crippen LogP contribution in [0.1, 0.15) is 12.0 Å². The first-order valence-electron chi connectivity index (χ1n) is 4.93. The van der Waals surface area contributed by atoms with E-state index in [1.165, 1.54) is 16.7 Å². The summed E-state index contributed by atoms with van der Waals surface area (Å²) >= 11 is 0. The predicted molar refractivity (Wildman–Crippen MR) is 61.1 cm³/mol. The van der Waals surface area contributed by atoms with Gasteiger partial charge in [-0.05, 0) is 24.0 Å². The van der Waals surface area contributed by atoms with E-state index in [0.717, 1.165) is 12.8 Å². The third-order valence-electron chi connectivity index (χ3n) is 2.41. The summed E-state index contributed by atoms with van der Waals surface area (Å²) < 4.78 is 0. The van der Waals surface area contributed by atoms with Crippen LogP contribution >= 0.6 is 0 Å². The minimum atomic E-state index is 0.999. The van der Waals surface area contributed by atoms with Crippen LogP contribution in [0.2, 0.25) is 0 Å². The van der Waals surface area contributed by atoms with Gasteiger partial charge in [0.15, 0.2) is 0 Å². The molecule has 0 atom stereocenters. The SMILES string of the molecule is C=C1C=CC(Cc2ccccc2)=CC1. The summed E-state index contributed by atoms with van der Waals surface area (Å²) in [6.07, 6.45) is 8.57. The summed E-state index contributed by atoms with van der Waals surface area (Å²) in [4.78, 5) is 0. The van der Waals surface area contributed by atoms with Crippen LogP contribution in [-0.4, -0.2) is 0 Å². The van der Waals surface area contributed by atoms with Crippen LogP contribution in [0.3, 0.4) is 0 Å². The largest absolute Gasteiger partial charge is 0.0955 e. The molecule has 70 valence electrons. The van der Waals surface area contributed by atoms with E-state index in [1.807, 2.05) is 0 Å². The second kappa shape index (κ2) is 4.10. The molecule has 0 radical (unpaired) electrons. The number of hydrogen-bond donors (Lipinski definition) is 0. The fourth-order valence-electron chi connectivity index (χ4n) is 1.59. The van der Waals surface area contributed by atoms with E-state index in [4.69, 9.17) is 0 Å². The molecule has 0 saturated carbocycles. The fraction of sp³-hybridized carbons (Fsp3) is 0.143.